The van der Waals surface area contributed by atoms with Crippen molar-refractivity contribution in [1.82, 2.24) is 20.3 Å². The Morgan fingerprint density at radius 3 is 2.67 bits per heavy atom. The zero-order valence-corrected chi connectivity index (χ0v) is 13.0. The van der Waals surface area contributed by atoms with Crippen LogP contribution in [0.5, 0.6) is 0 Å². The summed E-state index contributed by atoms with van der Waals surface area (Å²) in [6, 6.07) is 7.77. The van der Waals surface area contributed by atoms with Gasteiger partial charge in [0.05, 0.1) is 6.61 Å². The summed E-state index contributed by atoms with van der Waals surface area (Å²) >= 11 is 0. The summed E-state index contributed by atoms with van der Waals surface area (Å²) in [6.45, 7) is 1.41. The Bertz CT molecular complexity index is 862. The van der Waals surface area contributed by atoms with Crippen molar-refractivity contribution in [2.45, 2.75) is 31.1 Å². The molecule has 122 valence electrons. The molecule has 7 heteroatoms. The molecular weight excluding hydrogens is 308 g/mol. The number of nitrogens with zero attached hydrogens (tertiary/aromatic N) is 4. The van der Waals surface area contributed by atoms with Crippen LogP contribution in [0.2, 0.25) is 0 Å². The molecule has 1 aliphatic heterocycles. The zero-order chi connectivity index (χ0) is 15.9. The maximum Gasteiger partial charge on any atom is 0.257 e. The normalized spacial score (nSPS) is 20.6. The van der Waals surface area contributed by atoms with Crippen LogP contribution in [0.3, 0.4) is 0 Å². The van der Waals surface area contributed by atoms with Crippen LogP contribution < -0.4 is 0 Å². The molecule has 0 bridgehead atoms. The first-order chi connectivity index (χ1) is 11.9. The fourth-order valence-electron chi connectivity index (χ4n) is 2.90. The van der Waals surface area contributed by atoms with Crippen LogP contribution in [0, 0.1) is 0 Å². The highest BCUT2D eigenvalue weighted by Crippen LogP contribution is 2.39. The van der Waals surface area contributed by atoms with E-state index >= 15 is 0 Å². The first kappa shape index (κ1) is 13.9. The van der Waals surface area contributed by atoms with E-state index in [-0.39, 0.29) is 5.92 Å². The van der Waals surface area contributed by atoms with E-state index in [0.29, 0.717) is 30.1 Å². The van der Waals surface area contributed by atoms with Gasteiger partial charge in [0.25, 0.3) is 5.89 Å². The van der Waals surface area contributed by atoms with Gasteiger partial charge in [-0.1, -0.05) is 22.4 Å². The molecule has 3 heterocycles. The van der Waals surface area contributed by atoms with E-state index in [0.717, 1.165) is 42.9 Å². The molecule has 1 atom stereocenters. The Balaban J connectivity index is 1.43. The lowest BCUT2D eigenvalue weighted by Gasteiger charge is -1.99. The summed E-state index contributed by atoms with van der Waals surface area (Å²) in [5, 5.41) is 8.18. The predicted octanol–water partition coefficient (Wildman–Crippen LogP) is 3.17. The van der Waals surface area contributed by atoms with E-state index < -0.39 is 0 Å². The van der Waals surface area contributed by atoms with Crippen LogP contribution >= 0.6 is 0 Å². The molecule has 2 aliphatic rings. The highest BCUT2D eigenvalue weighted by molar-refractivity contribution is 5.64. The maximum atomic E-state index is 5.43. The van der Waals surface area contributed by atoms with Crippen molar-refractivity contribution in [2.24, 2.45) is 0 Å². The van der Waals surface area contributed by atoms with Crippen molar-refractivity contribution in [3.05, 3.63) is 36.0 Å². The van der Waals surface area contributed by atoms with Gasteiger partial charge in [0.1, 0.15) is 0 Å². The topological polar surface area (TPSA) is 87.1 Å². The van der Waals surface area contributed by atoms with Crippen molar-refractivity contribution >= 4 is 0 Å². The predicted molar refractivity (Wildman–Crippen MR) is 83.2 cm³/mol. The van der Waals surface area contributed by atoms with Crippen LogP contribution in [-0.4, -0.2) is 33.5 Å². The number of hydrogen-bond acceptors (Lipinski definition) is 7. The van der Waals surface area contributed by atoms with Gasteiger partial charge in [0.15, 0.2) is 5.82 Å². The number of hydrogen-bond donors (Lipinski definition) is 0. The summed E-state index contributed by atoms with van der Waals surface area (Å²) in [7, 11) is 0. The third kappa shape index (κ3) is 2.50. The largest absolute Gasteiger partial charge is 0.381 e. The molecular formula is C17H16N4O3. The van der Waals surface area contributed by atoms with Gasteiger partial charge in [0.2, 0.25) is 11.7 Å². The van der Waals surface area contributed by atoms with Gasteiger partial charge >= 0.3 is 0 Å². The van der Waals surface area contributed by atoms with Crippen molar-refractivity contribution in [3.8, 4) is 22.8 Å². The summed E-state index contributed by atoms with van der Waals surface area (Å²) in [5.41, 5.74) is 1.73. The minimum absolute atomic E-state index is 0.226. The van der Waals surface area contributed by atoms with E-state index in [4.69, 9.17) is 13.8 Å². The Morgan fingerprint density at radius 2 is 1.83 bits per heavy atom. The van der Waals surface area contributed by atoms with Gasteiger partial charge in [-0.25, -0.2) is 0 Å². The third-order valence-electron chi connectivity index (χ3n) is 4.47. The quantitative estimate of drug-likeness (QED) is 0.728. The highest BCUT2D eigenvalue weighted by Gasteiger charge is 2.30. The van der Waals surface area contributed by atoms with Crippen molar-refractivity contribution < 1.29 is 13.8 Å². The molecule has 2 aromatic heterocycles. The molecule has 0 spiro atoms. The van der Waals surface area contributed by atoms with Crippen molar-refractivity contribution in [2.75, 3.05) is 13.2 Å². The van der Waals surface area contributed by atoms with Crippen LogP contribution in [-0.2, 0) is 4.74 Å². The molecule has 1 saturated carbocycles. The van der Waals surface area contributed by atoms with E-state index in [1.54, 1.807) is 0 Å². The van der Waals surface area contributed by atoms with E-state index in [2.05, 4.69) is 20.3 Å². The second kappa shape index (κ2) is 5.52. The third-order valence-corrected chi connectivity index (χ3v) is 4.47. The van der Waals surface area contributed by atoms with Gasteiger partial charge < -0.3 is 13.8 Å². The lowest BCUT2D eigenvalue weighted by Crippen LogP contribution is -1.99. The Morgan fingerprint density at radius 1 is 0.917 bits per heavy atom. The summed E-state index contributed by atoms with van der Waals surface area (Å²) in [5.74, 6) is 3.22. The maximum absolute atomic E-state index is 5.43. The number of ether oxygens (including phenoxy) is 1. The smallest absolute Gasteiger partial charge is 0.257 e. The molecule has 5 rings (SSSR count). The molecule has 0 amide bonds. The van der Waals surface area contributed by atoms with Crippen LogP contribution in [0.25, 0.3) is 22.8 Å². The fourth-order valence-corrected chi connectivity index (χ4v) is 2.90. The molecule has 24 heavy (non-hydrogen) atoms. The molecule has 3 aromatic rings. The molecule has 0 radical (unpaired) electrons. The van der Waals surface area contributed by atoms with E-state index in [1.165, 1.54) is 0 Å². The van der Waals surface area contributed by atoms with Crippen LogP contribution in [0.4, 0.5) is 0 Å². The van der Waals surface area contributed by atoms with Crippen molar-refractivity contribution in [3.63, 3.8) is 0 Å². The summed E-state index contributed by atoms with van der Waals surface area (Å²) < 4.78 is 16.1. The van der Waals surface area contributed by atoms with Gasteiger partial charge in [-0.3, -0.25) is 0 Å². The van der Waals surface area contributed by atoms with Crippen LogP contribution in [0.15, 0.2) is 33.3 Å². The fraction of sp³-hybridized carbons (Fsp3) is 0.412. The first-order valence-electron chi connectivity index (χ1n) is 8.22. The second-order valence-electron chi connectivity index (χ2n) is 6.33. The first-order valence-corrected chi connectivity index (χ1v) is 8.22. The average Bonchev–Trinajstić information content (AvgIpc) is 3.07. The lowest BCUT2D eigenvalue weighted by molar-refractivity contribution is 0.192. The standard InChI is InChI=1S/C17H16N4O3/c1-2-11(14-18-16(23-20-14)10-4-5-10)8-12(3-1)17-19-15(21-24-17)13-6-7-22-9-13/h1-3,8,10,13H,4-7,9H2/t13-/m1/s1. The molecule has 0 N–H and O–H groups in total. The Labute approximate surface area is 138 Å². The lowest BCUT2D eigenvalue weighted by atomic mass is 10.1. The Hall–Kier alpha value is -2.54. The van der Waals surface area contributed by atoms with Gasteiger partial charge in [-0.2, -0.15) is 9.97 Å². The highest BCUT2D eigenvalue weighted by atomic mass is 16.5. The average molecular weight is 324 g/mol. The Kier molecular flexibility index (Phi) is 3.19. The van der Waals surface area contributed by atoms with Crippen LogP contribution in [0.1, 0.15) is 42.8 Å². The molecule has 0 unspecified atom stereocenters. The summed E-state index contributed by atoms with van der Waals surface area (Å²) in [6.07, 6.45) is 3.21. The van der Waals surface area contributed by atoms with E-state index in [9.17, 15) is 0 Å². The van der Waals surface area contributed by atoms with Gasteiger partial charge in [0, 0.05) is 29.6 Å². The molecule has 7 nitrogen and oxygen atoms in total. The van der Waals surface area contributed by atoms with Gasteiger partial charge in [-0.15, -0.1) is 0 Å². The summed E-state index contributed by atoms with van der Waals surface area (Å²) in [4.78, 5) is 9.00. The number of rotatable bonds is 4. The monoisotopic (exact) mass is 324 g/mol. The second-order valence-corrected chi connectivity index (χ2v) is 6.33. The molecule has 1 aromatic carbocycles. The zero-order valence-electron chi connectivity index (χ0n) is 13.0. The van der Waals surface area contributed by atoms with Crippen molar-refractivity contribution in [1.29, 1.82) is 0 Å². The minimum Gasteiger partial charge on any atom is -0.381 e. The van der Waals surface area contributed by atoms with Gasteiger partial charge in [-0.05, 0) is 31.4 Å². The number of benzene rings is 1. The molecule has 1 saturated heterocycles. The minimum atomic E-state index is 0.226. The van der Waals surface area contributed by atoms with E-state index in [1.807, 2.05) is 24.3 Å². The molecule has 2 fully saturated rings. The SMILES string of the molecule is c1cc(-c2noc(C3CC3)n2)cc(-c2nc([C@@H]3CCOC3)no2)c1. The number of aromatic nitrogens is 4. The molecule has 1 aliphatic carbocycles.